The minimum Gasteiger partial charge on any atom is -0.338 e. The van der Waals surface area contributed by atoms with Crippen LogP contribution in [0.4, 0.5) is 11.8 Å². The highest BCUT2D eigenvalue weighted by molar-refractivity contribution is 5.91. The highest BCUT2D eigenvalue weighted by atomic mass is 16.2. The number of anilines is 2. The Bertz CT molecular complexity index is 977. The number of piperidine rings is 1. The van der Waals surface area contributed by atoms with Crippen LogP contribution in [-0.2, 0) is 4.79 Å². The third-order valence-corrected chi connectivity index (χ3v) is 4.86. The maximum absolute atomic E-state index is 12.7. The number of carbonyl (C=O) groups is 1. The topological polar surface area (TPSA) is 83.9 Å². The fourth-order valence-electron chi connectivity index (χ4n) is 3.45. The average molecular weight is 386 g/mol. The second-order valence-electron chi connectivity index (χ2n) is 6.86. The number of amides is 1. The zero-order valence-corrected chi connectivity index (χ0v) is 16.0. The molecule has 1 aromatic carbocycles. The van der Waals surface area contributed by atoms with Crippen LogP contribution in [0.25, 0.3) is 6.08 Å². The molecule has 1 atom stereocenters. The number of hydrogen-bond acceptors (Lipinski definition) is 6. The third-order valence-electron chi connectivity index (χ3n) is 4.86. The van der Waals surface area contributed by atoms with Crippen LogP contribution < -0.4 is 5.32 Å². The summed E-state index contributed by atoms with van der Waals surface area (Å²) in [7, 11) is 0. The molecule has 0 aliphatic carbocycles. The van der Waals surface area contributed by atoms with Crippen LogP contribution in [0.2, 0.25) is 0 Å². The molecule has 1 aliphatic rings. The fraction of sp³-hybridized carbons (Fsp3) is 0.227. The molecule has 1 aliphatic heterocycles. The number of aromatic nitrogens is 4. The molecule has 1 N–H and O–H groups in total. The molecule has 0 radical (unpaired) electrons. The Labute approximate surface area is 169 Å². The molecule has 0 saturated carbocycles. The van der Waals surface area contributed by atoms with E-state index in [0.717, 1.165) is 30.6 Å². The van der Waals surface area contributed by atoms with E-state index < -0.39 is 0 Å². The quantitative estimate of drug-likeness (QED) is 0.677. The van der Waals surface area contributed by atoms with Crippen molar-refractivity contribution in [2.75, 3.05) is 18.4 Å². The second kappa shape index (κ2) is 9.05. The molecule has 7 nitrogen and oxygen atoms in total. The monoisotopic (exact) mass is 386 g/mol. The van der Waals surface area contributed by atoms with E-state index in [1.54, 1.807) is 36.9 Å². The first-order chi connectivity index (χ1) is 14.3. The van der Waals surface area contributed by atoms with Crippen LogP contribution in [0.3, 0.4) is 0 Å². The van der Waals surface area contributed by atoms with E-state index in [1.807, 2.05) is 41.3 Å². The van der Waals surface area contributed by atoms with E-state index in [2.05, 4.69) is 25.3 Å². The van der Waals surface area contributed by atoms with Crippen molar-refractivity contribution in [1.29, 1.82) is 0 Å². The molecular weight excluding hydrogens is 364 g/mol. The van der Waals surface area contributed by atoms with E-state index in [0.29, 0.717) is 18.3 Å². The van der Waals surface area contributed by atoms with Crippen LogP contribution in [0.1, 0.15) is 30.0 Å². The van der Waals surface area contributed by atoms with Crippen LogP contribution >= 0.6 is 0 Å². The van der Waals surface area contributed by atoms with Gasteiger partial charge in [0, 0.05) is 49.9 Å². The van der Waals surface area contributed by atoms with Gasteiger partial charge in [0.15, 0.2) is 5.82 Å². The van der Waals surface area contributed by atoms with Gasteiger partial charge in [-0.1, -0.05) is 30.3 Å². The predicted molar refractivity (Wildman–Crippen MR) is 111 cm³/mol. The molecule has 146 valence electrons. The van der Waals surface area contributed by atoms with E-state index in [4.69, 9.17) is 0 Å². The first kappa shape index (κ1) is 18.7. The summed E-state index contributed by atoms with van der Waals surface area (Å²) in [5.74, 6) is 1.24. The molecule has 0 spiro atoms. The molecule has 4 rings (SSSR count). The first-order valence-corrected chi connectivity index (χ1v) is 9.66. The number of hydrogen-bond donors (Lipinski definition) is 1. The minimum atomic E-state index is 0.0170. The molecule has 3 aromatic rings. The molecule has 3 heterocycles. The Morgan fingerprint density at radius 1 is 1.00 bits per heavy atom. The van der Waals surface area contributed by atoms with Crippen molar-refractivity contribution < 1.29 is 4.79 Å². The van der Waals surface area contributed by atoms with Gasteiger partial charge in [0.1, 0.15) is 0 Å². The largest absolute Gasteiger partial charge is 0.338 e. The average Bonchev–Trinajstić information content (AvgIpc) is 2.79. The van der Waals surface area contributed by atoms with Crippen LogP contribution in [0, 0.1) is 0 Å². The zero-order chi connectivity index (χ0) is 19.9. The van der Waals surface area contributed by atoms with E-state index in [1.165, 1.54) is 0 Å². The number of rotatable bonds is 5. The number of carbonyl (C=O) groups excluding carboxylic acids is 1. The summed E-state index contributed by atoms with van der Waals surface area (Å²) < 4.78 is 0. The van der Waals surface area contributed by atoms with Crippen molar-refractivity contribution in [2.45, 2.75) is 18.8 Å². The molecule has 0 unspecified atom stereocenters. The number of nitrogens with one attached hydrogen (secondary N) is 1. The molecule has 7 heteroatoms. The van der Waals surface area contributed by atoms with Crippen molar-refractivity contribution in [2.24, 2.45) is 0 Å². The predicted octanol–water partition coefficient (Wildman–Crippen LogP) is 3.43. The molecule has 2 aromatic heterocycles. The number of nitrogens with zero attached hydrogens (tertiary/aromatic N) is 5. The molecule has 1 amide bonds. The lowest BCUT2D eigenvalue weighted by molar-refractivity contribution is -0.127. The summed E-state index contributed by atoms with van der Waals surface area (Å²) in [4.78, 5) is 31.9. The van der Waals surface area contributed by atoms with Gasteiger partial charge < -0.3 is 10.2 Å². The first-order valence-electron chi connectivity index (χ1n) is 9.66. The van der Waals surface area contributed by atoms with Gasteiger partial charge in [-0.25, -0.2) is 15.0 Å². The number of benzene rings is 1. The Balaban J connectivity index is 1.47. The second-order valence-corrected chi connectivity index (χ2v) is 6.86. The SMILES string of the molecule is O=C(/C=C/c1ccccc1)N1CCC[C@H](c2nccnc2Nc2ncccn2)C1. The highest BCUT2D eigenvalue weighted by Gasteiger charge is 2.27. The Hall–Kier alpha value is -3.61. The Kier molecular flexibility index (Phi) is 5.85. The van der Waals surface area contributed by atoms with E-state index in [-0.39, 0.29) is 11.8 Å². The van der Waals surface area contributed by atoms with Gasteiger partial charge in [0.05, 0.1) is 5.69 Å². The standard InChI is InChI=1S/C22H22N6O/c29-19(10-9-17-6-2-1-3-7-17)28-15-4-8-18(16-28)20-21(24-14-13-23-20)27-22-25-11-5-12-26-22/h1-3,5-7,9-14,18H,4,8,15-16H2,(H,24,25,26,27)/b10-9+/t18-/m0/s1. The summed E-state index contributed by atoms with van der Waals surface area (Å²) >= 11 is 0. The molecule has 29 heavy (non-hydrogen) atoms. The zero-order valence-electron chi connectivity index (χ0n) is 16.0. The fourth-order valence-corrected chi connectivity index (χ4v) is 3.45. The van der Waals surface area contributed by atoms with Gasteiger partial charge in [-0.3, -0.25) is 9.78 Å². The Morgan fingerprint density at radius 3 is 2.62 bits per heavy atom. The van der Waals surface area contributed by atoms with Crippen LogP contribution in [0.5, 0.6) is 0 Å². The summed E-state index contributed by atoms with van der Waals surface area (Å²) in [5.41, 5.74) is 1.85. The van der Waals surface area contributed by atoms with E-state index in [9.17, 15) is 4.79 Å². The van der Waals surface area contributed by atoms with Crippen molar-refractivity contribution >= 4 is 23.7 Å². The van der Waals surface area contributed by atoms with Crippen LogP contribution in [0.15, 0.2) is 67.3 Å². The lowest BCUT2D eigenvalue weighted by atomic mass is 9.94. The van der Waals surface area contributed by atoms with Gasteiger partial charge in [-0.2, -0.15) is 0 Å². The summed E-state index contributed by atoms with van der Waals surface area (Å²) in [6.45, 7) is 1.36. The Morgan fingerprint density at radius 2 is 1.79 bits per heavy atom. The van der Waals surface area contributed by atoms with Gasteiger partial charge in [-0.05, 0) is 30.5 Å². The van der Waals surface area contributed by atoms with Crippen molar-refractivity contribution in [3.05, 3.63) is 78.5 Å². The smallest absolute Gasteiger partial charge is 0.246 e. The normalized spacial score (nSPS) is 16.7. The van der Waals surface area contributed by atoms with Gasteiger partial charge in [0.2, 0.25) is 11.9 Å². The van der Waals surface area contributed by atoms with Crippen LogP contribution in [-0.4, -0.2) is 43.8 Å². The molecular formula is C22H22N6O. The third kappa shape index (κ3) is 4.82. The summed E-state index contributed by atoms with van der Waals surface area (Å²) in [5, 5.41) is 3.15. The van der Waals surface area contributed by atoms with Gasteiger partial charge >= 0.3 is 0 Å². The number of likely N-dealkylation sites (tertiary alicyclic amines) is 1. The highest BCUT2D eigenvalue weighted by Crippen LogP contribution is 2.30. The maximum Gasteiger partial charge on any atom is 0.246 e. The molecule has 1 fully saturated rings. The van der Waals surface area contributed by atoms with Gasteiger partial charge in [-0.15, -0.1) is 0 Å². The molecule has 1 saturated heterocycles. The summed E-state index contributed by atoms with van der Waals surface area (Å²) in [6, 6.07) is 11.6. The van der Waals surface area contributed by atoms with E-state index >= 15 is 0 Å². The van der Waals surface area contributed by atoms with Crippen molar-refractivity contribution in [3.8, 4) is 0 Å². The van der Waals surface area contributed by atoms with Gasteiger partial charge in [0.25, 0.3) is 0 Å². The molecule has 0 bridgehead atoms. The van der Waals surface area contributed by atoms with Crippen molar-refractivity contribution in [3.63, 3.8) is 0 Å². The lowest BCUT2D eigenvalue weighted by Crippen LogP contribution is -2.38. The van der Waals surface area contributed by atoms with Crippen molar-refractivity contribution in [1.82, 2.24) is 24.8 Å². The minimum absolute atomic E-state index is 0.0170. The maximum atomic E-state index is 12.7. The lowest BCUT2D eigenvalue weighted by Gasteiger charge is -2.32. The summed E-state index contributed by atoms with van der Waals surface area (Å²) in [6.07, 6.45) is 12.0.